The van der Waals surface area contributed by atoms with Gasteiger partial charge in [0.05, 0.1) is 0 Å². The summed E-state index contributed by atoms with van der Waals surface area (Å²) in [6, 6.07) is 9.69. The van der Waals surface area contributed by atoms with Crippen molar-refractivity contribution in [1.82, 2.24) is 10.2 Å². The van der Waals surface area contributed by atoms with Crippen LogP contribution in [-0.4, -0.2) is 22.1 Å². The molecule has 118 valence electrons. The minimum atomic E-state index is -0.152. The molecule has 0 saturated heterocycles. The molecule has 2 aromatic rings. The number of rotatable bonds is 7. The molecule has 1 heterocycles. The van der Waals surface area contributed by atoms with Gasteiger partial charge < -0.3 is 10.6 Å². The van der Waals surface area contributed by atoms with Crippen LogP contribution in [-0.2, 0) is 6.42 Å². The molecule has 1 aromatic carbocycles. The van der Waals surface area contributed by atoms with E-state index < -0.39 is 0 Å². The normalized spacial score (nSPS) is 10.7. The largest absolute Gasteiger partial charge is 0.383 e. The van der Waals surface area contributed by atoms with E-state index in [9.17, 15) is 4.79 Å². The molecule has 1 aromatic heterocycles. The van der Waals surface area contributed by atoms with E-state index in [1.54, 1.807) is 6.07 Å². The van der Waals surface area contributed by atoms with Crippen molar-refractivity contribution in [2.75, 3.05) is 10.6 Å². The zero-order valence-corrected chi connectivity index (χ0v) is 13.4. The third kappa shape index (κ3) is 4.62. The summed E-state index contributed by atoms with van der Waals surface area (Å²) >= 11 is 0. The number of benzene rings is 1. The zero-order valence-electron chi connectivity index (χ0n) is 13.4. The summed E-state index contributed by atoms with van der Waals surface area (Å²) in [5.41, 5.74) is 2.60. The van der Waals surface area contributed by atoms with E-state index in [-0.39, 0.29) is 5.91 Å². The number of carbonyl (C=O) groups is 1. The van der Waals surface area contributed by atoms with Crippen molar-refractivity contribution < 1.29 is 4.79 Å². The number of hydrogen-bond donors (Lipinski definition) is 3. The highest BCUT2D eigenvalue weighted by atomic mass is 16.1. The van der Waals surface area contributed by atoms with Crippen LogP contribution in [0.3, 0.4) is 0 Å². The fraction of sp³-hybridized carbons (Fsp3) is 0.412. The molecule has 0 saturated carbocycles. The number of aromatic nitrogens is 2. The van der Waals surface area contributed by atoms with E-state index in [0.717, 1.165) is 30.6 Å². The summed E-state index contributed by atoms with van der Waals surface area (Å²) in [4.78, 5) is 12.3. The molecular formula is C17H24N4O. The molecule has 0 aliphatic carbocycles. The Morgan fingerprint density at radius 1 is 1.32 bits per heavy atom. The molecule has 0 unspecified atom stereocenters. The van der Waals surface area contributed by atoms with Crippen molar-refractivity contribution in [1.29, 1.82) is 0 Å². The number of carbonyl (C=O) groups excluding carboxylic acids is 1. The third-order valence-electron chi connectivity index (χ3n) is 3.25. The topological polar surface area (TPSA) is 69.8 Å². The minimum absolute atomic E-state index is 0.152. The number of unbranched alkanes of at least 4 members (excludes halogenated alkanes) is 1. The molecule has 0 spiro atoms. The highest BCUT2D eigenvalue weighted by Crippen LogP contribution is 2.14. The molecule has 0 atom stereocenters. The fourth-order valence-corrected chi connectivity index (χ4v) is 2.19. The van der Waals surface area contributed by atoms with Gasteiger partial charge in [-0.05, 0) is 44.9 Å². The first-order valence-electron chi connectivity index (χ1n) is 7.80. The first-order valence-corrected chi connectivity index (χ1v) is 7.80. The van der Waals surface area contributed by atoms with E-state index in [4.69, 9.17) is 0 Å². The lowest BCUT2D eigenvalue weighted by molar-refractivity contribution is 0.102. The van der Waals surface area contributed by atoms with E-state index in [1.807, 2.05) is 24.3 Å². The van der Waals surface area contributed by atoms with Crippen LogP contribution in [0.2, 0.25) is 0 Å². The first kappa shape index (κ1) is 16.1. The van der Waals surface area contributed by atoms with Crippen LogP contribution >= 0.6 is 0 Å². The van der Waals surface area contributed by atoms with Gasteiger partial charge in [0.15, 0.2) is 5.82 Å². The number of nitrogens with one attached hydrogen (secondary N) is 3. The molecule has 22 heavy (non-hydrogen) atoms. The Hall–Kier alpha value is -2.30. The van der Waals surface area contributed by atoms with Crippen LogP contribution in [0, 0.1) is 0 Å². The summed E-state index contributed by atoms with van der Waals surface area (Å²) in [5.74, 6) is 0.416. The SMILES string of the molecule is CCCCc1cc(NC(=O)c2cccc(NC(C)C)c2)n[nH]1. The molecule has 2 rings (SSSR count). The van der Waals surface area contributed by atoms with Gasteiger partial charge >= 0.3 is 0 Å². The van der Waals surface area contributed by atoms with Crippen molar-refractivity contribution in [2.24, 2.45) is 0 Å². The molecule has 0 radical (unpaired) electrons. The number of H-pyrrole nitrogens is 1. The minimum Gasteiger partial charge on any atom is -0.383 e. The number of nitrogens with zero attached hydrogens (tertiary/aromatic N) is 1. The second-order valence-electron chi connectivity index (χ2n) is 5.72. The Morgan fingerprint density at radius 2 is 2.14 bits per heavy atom. The summed E-state index contributed by atoms with van der Waals surface area (Å²) in [5, 5.41) is 13.2. The van der Waals surface area contributed by atoms with Crippen LogP contribution in [0.1, 0.15) is 49.7 Å². The van der Waals surface area contributed by atoms with Gasteiger partial charge in [0.1, 0.15) is 0 Å². The lowest BCUT2D eigenvalue weighted by Crippen LogP contribution is -2.14. The Kier molecular flexibility index (Phi) is 5.58. The molecule has 0 bridgehead atoms. The van der Waals surface area contributed by atoms with Gasteiger partial charge in [-0.2, -0.15) is 5.10 Å². The summed E-state index contributed by atoms with van der Waals surface area (Å²) in [6.07, 6.45) is 3.20. The van der Waals surface area contributed by atoms with Crippen LogP contribution in [0.25, 0.3) is 0 Å². The fourth-order valence-electron chi connectivity index (χ4n) is 2.19. The van der Waals surface area contributed by atoms with Crippen LogP contribution in [0.4, 0.5) is 11.5 Å². The average Bonchev–Trinajstić information content (AvgIpc) is 2.92. The van der Waals surface area contributed by atoms with Crippen molar-refractivity contribution in [2.45, 2.75) is 46.1 Å². The molecular weight excluding hydrogens is 276 g/mol. The van der Waals surface area contributed by atoms with Gasteiger partial charge in [0, 0.05) is 29.1 Å². The van der Waals surface area contributed by atoms with Gasteiger partial charge in [-0.25, -0.2) is 0 Å². The lowest BCUT2D eigenvalue weighted by Gasteiger charge is -2.11. The van der Waals surface area contributed by atoms with Crippen LogP contribution in [0.15, 0.2) is 30.3 Å². The maximum Gasteiger partial charge on any atom is 0.256 e. The van der Waals surface area contributed by atoms with Crippen molar-refractivity contribution in [3.05, 3.63) is 41.6 Å². The maximum atomic E-state index is 12.3. The van der Waals surface area contributed by atoms with Crippen LogP contribution < -0.4 is 10.6 Å². The molecule has 5 nitrogen and oxygen atoms in total. The summed E-state index contributed by atoms with van der Waals surface area (Å²) in [6.45, 7) is 6.28. The highest BCUT2D eigenvalue weighted by molar-refractivity contribution is 6.04. The second-order valence-corrected chi connectivity index (χ2v) is 5.72. The molecule has 3 N–H and O–H groups in total. The summed E-state index contributed by atoms with van der Waals surface area (Å²) < 4.78 is 0. The Bertz CT molecular complexity index is 619. The Morgan fingerprint density at radius 3 is 2.86 bits per heavy atom. The maximum absolute atomic E-state index is 12.3. The van der Waals surface area contributed by atoms with Gasteiger partial charge in [0.2, 0.25) is 0 Å². The molecule has 0 aliphatic rings. The standard InChI is InChI=1S/C17H24N4O/c1-4-5-8-15-11-16(21-20-15)19-17(22)13-7-6-9-14(10-13)18-12(2)3/h6-7,9-12,18H,4-5,8H2,1-3H3,(H2,19,20,21,22). The number of anilines is 2. The Balaban J connectivity index is 2.01. The van der Waals surface area contributed by atoms with Crippen LogP contribution in [0.5, 0.6) is 0 Å². The summed E-state index contributed by atoms with van der Waals surface area (Å²) in [7, 11) is 0. The molecule has 0 aliphatic heterocycles. The lowest BCUT2D eigenvalue weighted by atomic mass is 10.1. The highest BCUT2D eigenvalue weighted by Gasteiger charge is 2.09. The quantitative estimate of drug-likeness (QED) is 0.728. The van der Waals surface area contributed by atoms with Crippen molar-refractivity contribution in [3.8, 4) is 0 Å². The van der Waals surface area contributed by atoms with E-state index in [1.165, 1.54) is 0 Å². The van der Waals surface area contributed by atoms with Gasteiger partial charge in [0.25, 0.3) is 5.91 Å². The average molecular weight is 300 g/mol. The monoisotopic (exact) mass is 300 g/mol. The first-order chi connectivity index (χ1) is 10.6. The molecule has 5 heteroatoms. The van der Waals surface area contributed by atoms with Gasteiger partial charge in [-0.1, -0.05) is 19.4 Å². The number of hydrogen-bond acceptors (Lipinski definition) is 3. The van der Waals surface area contributed by atoms with Gasteiger partial charge in [-0.3, -0.25) is 9.89 Å². The number of aromatic amines is 1. The zero-order chi connectivity index (χ0) is 15.9. The van der Waals surface area contributed by atoms with Gasteiger partial charge in [-0.15, -0.1) is 0 Å². The smallest absolute Gasteiger partial charge is 0.256 e. The second kappa shape index (κ2) is 7.64. The molecule has 0 fully saturated rings. The predicted molar refractivity (Wildman–Crippen MR) is 90.4 cm³/mol. The van der Waals surface area contributed by atoms with Crippen molar-refractivity contribution >= 4 is 17.4 Å². The van der Waals surface area contributed by atoms with Crippen molar-refractivity contribution in [3.63, 3.8) is 0 Å². The van der Waals surface area contributed by atoms with E-state index >= 15 is 0 Å². The Labute approximate surface area is 131 Å². The molecule has 1 amide bonds. The van der Waals surface area contributed by atoms with E-state index in [0.29, 0.717) is 17.4 Å². The third-order valence-corrected chi connectivity index (χ3v) is 3.25. The number of aryl methyl sites for hydroxylation is 1. The number of amides is 1. The predicted octanol–water partition coefficient (Wildman–Crippen LogP) is 3.82. The van der Waals surface area contributed by atoms with E-state index in [2.05, 4.69) is 41.6 Å².